The molecule has 0 aliphatic carbocycles. The van der Waals surface area contributed by atoms with Gasteiger partial charge in [-0.3, -0.25) is 0 Å². The first-order valence-electron chi connectivity index (χ1n) is 5.26. The van der Waals surface area contributed by atoms with E-state index in [9.17, 15) is 4.79 Å². The van der Waals surface area contributed by atoms with E-state index in [0.29, 0.717) is 12.2 Å². The van der Waals surface area contributed by atoms with Gasteiger partial charge in [0.25, 0.3) is 0 Å². The van der Waals surface area contributed by atoms with E-state index in [0.717, 1.165) is 5.57 Å². The van der Waals surface area contributed by atoms with Crippen molar-refractivity contribution in [1.29, 1.82) is 0 Å². The van der Waals surface area contributed by atoms with Gasteiger partial charge >= 0.3 is 5.97 Å². The lowest BCUT2D eigenvalue weighted by Gasteiger charge is -2.07. The molecule has 16 heavy (non-hydrogen) atoms. The average Bonchev–Trinajstić information content (AvgIpc) is 2.27. The predicted octanol–water partition coefficient (Wildman–Crippen LogP) is 2.64. The van der Waals surface area contributed by atoms with Gasteiger partial charge in [0.1, 0.15) is 0 Å². The number of ether oxygens (including phenoxy) is 2. The van der Waals surface area contributed by atoms with E-state index < -0.39 is 0 Å². The number of rotatable bonds is 6. The molecule has 3 nitrogen and oxygen atoms in total. The fourth-order valence-corrected chi connectivity index (χ4v) is 0.916. The fourth-order valence-electron chi connectivity index (χ4n) is 0.916. The van der Waals surface area contributed by atoms with Gasteiger partial charge in [-0.15, -0.1) is 0 Å². The molecule has 90 valence electrons. The van der Waals surface area contributed by atoms with Crippen LogP contribution in [0.2, 0.25) is 0 Å². The van der Waals surface area contributed by atoms with Crippen LogP contribution in [0.3, 0.4) is 0 Å². The SMILES string of the molecule is C=C(/C=C\C=C(/C)C(=O)OCC)C(C)OC. The Morgan fingerprint density at radius 2 is 2.12 bits per heavy atom. The summed E-state index contributed by atoms with van der Waals surface area (Å²) in [6, 6.07) is 0. The van der Waals surface area contributed by atoms with Crippen molar-refractivity contribution in [3.63, 3.8) is 0 Å². The second-order valence-corrected chi connectivity index (χ2v) is 3.38. The zero-order valence-corrected chi connectivity index (χ0v) is 10.4. The predicted molar refractivity (Wildman–Crippen MR) is 65.1 cm³/mol. The van der Waals surface area contributed by atoms with Gasteiger partial charge in [-0.25, -0.2) is 4.79 Å². The molecule has 0 aliphatic rings. The van der Waals surface area contributed by atoms with E-state index in [-0.39, 0.29) is 12.1 Å². The second kappa shape index (κ2) is 7.88. The maximum Gasteiger partial charge on any atom is 0.333 e. The minimum Gasteiger partial charge on any atom is -0.463 e. The number of hydrogen-bond donors (Lipinski definition) is 0. The van der Waals surface area contributed by atoms with Gasteiger partial charge < -0.3 is 9.47 Å². The Bertz CT molecular complexity index is 300. The number of carbonyl (C=O) groups is 1. The van der Waals surface area contributed by atoms with Crippen LogP contribution in [0.15, 0.2) is 36.0 Å². The molecule has 0 spiro atoms. The number of esters is 1. The Morgan fingerprint density at radius 3 is 2.62 bits per heavy atom. The highest BCUT2D eigenvalue weighted by Gasteiger charge is 2.02. The van der Waals surface area contributed by atoms with Crippen molar-refractivity contribution in [2.45, 2.75) is 26.9 Å². The van der Waals surface area contributed by atoms with E-state index in [1.165, 1.54) is 0 Å². The van der Waals surface area contributed by atoms with Crippen LogP contribution in [0.4, 0.5) is 0 Å². The van der Waals surface area contributed by atoms with Crippen LogP contribution in [0.5, 0.6) is 0 Å². The molecule has 0 saturated carbocycles. The van der Waals surface area contributed by atoms with Crippen molar-refractivity contribution in [2.75, 3.05) is 13.7 Å². The maximum atomic E-state index is 11.2. The van der Waals surface area contributed by atoms with Crippen molar-refractivity contribution < 1.29 is 14.3 Å². The Labute approximate surface area is 97.4 Å². The van der Waals surface area contributed by atoms with Crippen molar-refractivity contribution in [1.82, 2.24) is 0 Å². The third kappa shape index (κ3) is 5.51. The van der Waals surface area contributed by atoms with Crippen LogP contribution in [0, 0.1) is 0 Å². The molecule has 0 aromatic carbocycles. The number of methoxy groups -OCH3 is 1. The van der Waals surface area contributed by atoms with E-state index in [1.54, 1.807) is 33.1 Å². The van der Waals surface area contributed by atoms with Gasteiger partial charge in [-0.05, 0) is 26.3 Å². The lowest BCUT2D eigenvalue weighted by atomic mass is 10.1. The van der Waals surface area contributed by atoms with Crippen LogP contribution in [-0.4, -0.2) is 25.8 Å². The van der Waals surface area contributed by atoms with Gasteiger partial charge in [-0.1, -0.05) is 24.8 Å². The summed E-state index contributed by atoms with van der Waals surface area (Å²) >= 11 is 0. The van der Waals surface area contributed by atoms with E-state index in [4.69, 9.17) is 9.47 Å². The average molecular weight is 224 g/mol. The Hall–Kier alpha value is -1.35. The van der Waals surface area contributed by atoms with Crippen LogP contribution in [0.25, 0.3) is 0 Å². The molecule has 0 rings (SSSR count). The molecule has 0 aliphatic heterocycles. The van der Waals surface area contributed by atoms with Crippen molar-refractivity contribution >= 4 is 5.97 Å². The molecule has 3 heteroatoms. The van der Waals surface area contributed by atoms with Crippen LogP contribution in [0.1, 0.15) is 20.8 Å². The molecule has 0 saturated heterocycles. The Balaban J connectivity index is 4.30. The maximum absolute atomic E-state index is 11.2. The zero-order chi connectivity index (χ0) is 12.6. The lowest BCUT2D eigenvalue weighted by molar-refractivity contribution is -0.138. The summed E-state index contributed by atoms with van der Waals surface area (Å²) in [5, 5.41) is 0. The van der Waals surface area contributed by atoms with Gasteiger partial charge in [0.15, 0.2) is 0 Å². The van der Waals surface area contributed by atoms with Gasteiger partial charge in [0.2, 0.25) is 0 Å². The summed E-state index contributed by atoms with van der Waals surface area (Å²) in [7, 11) is 1.63. The zero-order valence-electron chi connectivity index (χ0n) is 10.4. The summed E-state index contributed by atoms with van der Waals surface area (Å²) in [6.07, 6.45) is 5.26. The first kappa shape index (κ1) is 14.6. The molecule has 0 amide bonds. The largest absolute Gasteiger partial charge is 0.463 e. The molecule has 0 heterocycles. The summed E-state index contributed by atoms with van der Waals surface area (Å²) in [4.78, 5) is 11.2. The summed E-state index contributed by atoms with van der Waals surface area (Å²) < 4.78 is 9.93. The van der Waals surface area contributed by atoms with E-state index in [1.807, 2.05) is 13.0 Å². The standard InChI is InChI=1S/C13H20O3/c1-6-16-13(14)11(3)9-7-8-10(2)12(4)15-5/h7-9,12H,2,6H2,1,3-5H3/b8-7-,11-9+. The Kier molecular flexibility index (Phi) is 7.21. The molecule has 1 atom stereocenters. The molecule has 0 aromatic heterocycles. The number of carbonyl (C=O) groups excluding carboxylic acids is 1. The Morgan fingerprint density at radius 1 is 1.50 bits per heavy atom. The highest BCUT2D eigenvalue weighted by atomic mass is 16.5. The minimum absolute atomic E-state index is 0.0208. The molecular formula is C13H20O3. The third-order valence-electron chi connectivity index (χ3n) is 2.13. The summed E-state index contributed by atoms with van der Waals surface area (Å²) in [6.45, 7) is 9.64. The van der Waals surface area contributed by atoms with E-state index in [2.05, 4.69) is 6.58 Å². The van der Waals surface area contributed by atoms with Crippen molar-refractivity contribution in [3.8, 4) is 0 Å². The summed E-state index contributed by atoms with van der Waals surface area (Å²) in [5.41, 5.74) is 1.42. The highest BCUT2D eigenvalue weighted by Crippen LogP contribution is 2.05. The fraction of sp³-hybridized carbons (Fsp3) is 0.462. The minimum atomic E-state index is -0.294. The topological polar surface area (TPSA) is 35.5 Å². The second-order valence-electron chi connectivity index (χ2n) is 3.38. The van der Waals surface area contributed by atoms with Gasteiger partial charge in [0.05, 0.1) is 12.7 Å². The smallest absolute Gasteiger partial charge is 0.333 e. The molecule has 1 unspecified atom stereocenters. The third-order valence-corrected chi connectivity index (χ3v) is 2.13. The monoisotopic (exact) mass is 224 g/mol. The lowest BCUT2D eigenvalue weighted by Crippen LogP contribution is -2.05. The molecule has 0 aromatic rings. The summed E-state index contributed by atoms with van der Waals surface area (Å²) in [5.74, 6) is -0.294. The molecule has 0 fully saturated rings. The van der Waals surface area contributed by atoms with Crippen LogP contribution in [-0.2, 0) is 14.3 Å². The van der Waals surface area contributed by atoms with Crippen molar-refractivity contribution in [2.24, 2.45) is 0 Å². The van der Waals surface area contributed by atoms with Gasteiger partial charge in [-0.2, -0.15) is 0 Å². The molecular weight excluding hydrogens is 204 g/mol. The van der Waals surface area contributed by atoms with Gasteiger partial charge in [0, 0.05) is 12.7 Å². The highest BCUT2D eigenvalue weighted by molar-refractivity contribution is 5.88. The van der Waals surface area contributed by atoms with Crippen LogP contribution >= 0.6 is 0 Å². The van der Waals surface area contributed by atoms with Crippen LogP contribution < -0.4 is 0 Å². The number of hydrogen-bond acceptors (Lipinski definition) is 3. The molecule has 0 N–H and O–H groups in total. The first-order valence-corrected chi connectivity index (χ1v) is 5.26. The quantitative estimate of drug-likeness (QED) is 0.395. The first-order chi connectivity index (χ1) is 7.52. The molecule has 0 radical (unpaired) electrons. The molecule has 0 bridgehead atoms. The normalized spacial score (nSPS) is 13.9. The van der Waals surface area contributed by atoms with Crippen molar-refractivity contribution in [3.05, 3.63) is 36.0 Å². The van der Waals surface area contributed by atoms with E-state index >= 15 is 0 Å². The number of allylic oxidation sites excluding steroid dienone is 2.